The van der Waals surface area contributed by atoms with E-state index in [0.29, 0.717) is 12.0 Å². The van der Waals surface area contributed by atoms with Gasteiger partial charge in [-0.15, -0.1) is 0 Å². The topological polar surface area (TPSA) is 92.5 Å². The molecule has 1 atom stereocenters. The first-order valence-electron chi connectivity index (χ1n) is 9.07. The molecule has 0 aliphatic carbocycles. The lowest BCUT2D eigenvalue weighted by atomic mass is 9.84. The van der Waals surface area contributed by atoms with Crippen LogP contribution < -0.4 is 5.32 Å². The maximum atomic E-state index is 13.2. The van der Waals surface area contributed by atoms with Crippen molar-refractivity contribution in [1.82, 2.24) is 10.2 Å². The molecule has 1 aliphatic rings. The van der Waals surface area contributed by atoms with Gasteiger partial charge in [-0.05, 0) is 36.3 Å². The molecule has 2 aromatic carbocycles. The molecule has 1 N–H and O–H groups in total. The highest BCUT2D eigenvalue weighted by Crippen LogP contribution is 2.29. The smallest absolute Gasteiger partial charge is 0.276 e. The van der Waals surface area contributed by atoms with E-state index in [1.807, 2.05) is 0 Å². The Balaban J connectivity index is 1.96. The van der Waals surface area contributed by atoms with Crippen LogP contribution in [-0.4, -0.2) is 34.2 Å². The van der Waals surface area contributed by atoms with Crippen molar-refractivity contribution in [1.29, 1.82) is 0 Å². The molecule has 29 heavy (non-hydrogen) atoms. The fourth-order valence-electron chi connectivity index (χ4n) is 3.44. The normalized spacial score (nSPS) is 20.7. The van der Waals surface area contributed by atoms with Crippen molar-refractivity contribution in [3.63, 3.8) is 0 Å². The van der Waals surface area contributed by atoms with E-state index in [9.17, 15) is 24.1 Å². The molecule has 1 aliphatic heterocycles. The summed E-state index contributed by atoms with van der Waals surface area (Å²) in [6.07, 6.45) is 1.87. The summed E-state index contributed by atoms with van der Waals surface area (Å²) >= 11 is 0. The standard InChI is InChI=1S/C21H20FN3O4/c1-3-21(13-14-8-10-16(22)11-9-14)20(27)24(2)18(19(26)23-21)12-15-6-4-5-7-17(15)25(28)29/h4-12H,3,13H2,1-2H3,(H,23,26)/b18-12+. The van der Waals surface area contributed by atoms with E-state index in [1.54, 1.807) is 25.1 Å². The van der Waals surface area contributed by atoms with Crippen molar-refractivity contribution in [2.45, 2.75) is 25.3 Å². The van der Waals surface area contributed by atoms with Crippen molar-refractivity contribution in [2.24, 2.45) is 0 Å². The number of nitrogens with zero attached hydrogens (tertiary/aromatic N) is 2. The second-order valence-corrected chi connectivity index (χ2v) is 6.90. The third kappa shape index (κ3) is 3.87. The molecule has 3 rings (SSSR count). The van der Waals surface area contributed by atoms with Gasteiger partial charge in [0, 0.05) is 19.5 Å². The predicted octanol–water partition coefficient (Wildman–Crippen LogP) is 3.05. The van der Waals surface area contributed by atoms with Gasteiger partial charge in [0.15, 0.2) is 0 Å². The Morgan fingerprint density at radius 3 is 2.45 bits per heavy atom. The molecule has 7 nitrogen and oxygen atoms in total. The van der Waals surface area contributed by atoms with Crippen LogP contribution in [0.3, 0.4) is 0 Å². The molecule has 150 valence electrons. The van der Waals surface area contributed by atoms with Crippen LogP contribution in [-0.2, 0) is 16.0 Å². The molecule has 2 aromatic rings. The van der Waals surface area contributed by atoms with E-state index >= 15 is 0 Å². The third-order valence-corrected chi connectivity index (χ3v) is 5.11. The number of benzene rings is 2. The number of nitro benzene ring substituents is 1. The minimum Gasteiger partial charge on any atom is -0.336 e. The molecule has 0 spiro atoms. The molecule has 1 heterocycles. The quantitative estimate of drug-likeness (QED) is 0.477. The van der Waals surface area contributed by atoms with Crippen LogP contribution in [0.1, 0.15) is 24.5 Å². The zero-order chi connectivity index (χ0) is 21.2. The van der Waals surface area contributed by atoms with Crippen LogP contribution in [0.5, 0.6) is 0 Å². The molecular formula is C21H20FN3O4. The summed E-state index contributed by atoms with van der Waals surface area (Å²) in [4.78, 5) is 37.9. The highest BCUT2D eigenvalue weighted by atomic mass is 19.1. The maximum absolute atomic E-state index is 13.2. The number of carbonyl (C=O) groups excluding carboxylic acids is 2. The van der Waals surface area contributed by atoms with Crippen LogP contribution in [0.15, 0.2) is 54.2 Å². The van der Waals surface area contributed by atoms with Gasteiger partial charge >= 0.3 is 0 Å². The average Bonchev–Trinajstić information content (AvgIpc) is 2.71. The van der Waals surface area contributed by atoms with Gasteiger partial charge in [-0.25, -0.2) is 4.39 Å². The highest BCUT2D eigenvalue weighted by molar-refractivity contribution is 6.09. The molecule has 0 radical (unpaired) electrons. The lowest BCUT2D eigenvalue weighted by Crippen LogP contribution is -2.65. The lowest BCUT2D eigenvalue weighted by Gasteiger charge is -2.41. The van der Waals surface area contributed by atoms with Crippen LogP contribution in [0.2, 0.25) is 0 Å². The Bertz CT molecular complexity index is 1000. The number of nitro groups is 1. The molecule has 8 heteroatoms. The van der Waals surface area contributed by atoms with Gasteiger partial charge in [0.2, 0.25) is 0 Å². The van der Waals surface area contributed by atoms with Crippen molar-refractivity contribution in [3.8, 4) is 0 Å². The zero-order valence-electron chi connectivity index (χ0n) is 16.0. The number of piperazine rings is 1. The molecule has 0 saturated carbocycles. The van der Waals surface area contributed by atoms with Crippen molar-refractivity contribution < 1.29 is 18.9 Å². The number of nitrogens with one attached hydrogen (secondary N) is 1. The Labute approximate surface area is 167 Å². The summed E-state index contributed by atoms with van der Waals surface area (Å²) in [6.45, 7) is 1.78. The number of rotatable bonds is 5. The van der Waals surface area contributed by atoms with E-state index in [1.165, 1.54) is 48.4 Å². The molecule has 0 aromatic heterocycles. The minimum atomic E-state index is -1.18. The molecular weight excluding hydrogens is 377 g/mol. The Hall–Kier alpha value is -3.55. The van der Waals surface area contributed by atoms with E-state index in [0.717, 1.165) is 0 Å². The number of hydrogen-bond acceptors (Lipinski definition) is 4. The van der Waals surface area contributed by atoms with E-state index < -0.39 is 16.4 Å². The van der Waals surface area contributed by atoms with Gasteiger partial charge in [0.25, 0.3) is 17.5 Å². The maximum Gasteiger partial charge on any atom is 0.276 e. The van der Waals surface area contributed by atoms with Crippen molar-refractivity contribution in [3.05, 3.63) is 81.3 Å². The van der Waals surface area contributed by atoms with Crippen LogP contribution in [0.4, 0.5) is 10.1 Å². The van der Waals surface area contributed by atoms with Crippen LogP contribution >= 0.6 is 0 Å². The van der Waals surface area contributed by atoms with Gasteiger partial charge in [0.05, 0.1) is 10.5 Å². The predicted molar refractivity (Wildman–Crippen MR) is 105 cm³/mol. The second-order valence-electron chi connectivity index (χ2n) is 6.90. The Morgan fingerprint density at radius 1 is 1.17 bits per heavy atom. The van der Waals surface area contributed by atoms with E-state index in [4.69, 9.17) is 0 Å². The first-order chi connectivity index (χ1) is 13.8. The number of para-hydroxylation sites is 1. The Morgan fingerprint density at radius 2 is 1.83 bits per heavy atom. The summed E-state index contributed by atoms with van der Waals surface area (Å²) in [6, 6.07) is 11.7. The fourth-order valence-corrected chi connectivity index (χ4v) is 3.44. The summed E-state index contributed by atoms with van der Waals surface area (Å²) in [7, 11) is 1.47. The molecule has 1 unspecified atom stereocenters. The first-order valence-corrected chi connectivity index (χ1v) is 9.07. The number of amides is 2. The molecule has 1 saturated heterocycles. The van der Waals surface area contributed by atoms with Gasteiger partial charge in [-0.3, -0.25) is 19.7 Å². The van der Waals surface area contributed by atoms with Crippen LogP contribution in [0.25, 0.3) is 6.08 Å². The number of likely N-dealkylation sites (N-methyl/N-ethyl adjacent to an activating group) is 1. The van der Waals surface area contributed by atoms with Gasteiger partial charge in [-0.1, -0.05) is 31.2 Å². The number of halogens is 1. The number of carbonyl (C=O) groups is 2. The van der Waals surface area contributed by atoms with Gasteiger partial charge in [0.1, 0.15) is 17.1 Å². The number of hydrogen-bond donors (Lipinski definition) is 1. The van der Waals surface area contributed by atoms with Crippen LogP contribution in [0, 0.1) is 15.9 Å². The average molecular weight is 397 g/mol. The monoisotopic (exact) mass is 397 g/mol. The minimum absolute atomic E-state index is 0.0208. The molecule has 1 fully saturated rings. The second kappa shape index (κ2) is 7.83. The van der Waals surface area contributed by atoms with Gasteiger partial charge < -0.3 is 10.2 Å². The largest absolute Gasteiger partial charge is 0.336 e. The summed E-state index contributed by atoms with van der Waals surface area (Å²) in [5, 5.41) is 14.0. The van der Waals surface area contributed by atoms with Crippen molar-refractivity contribution >= 4 is 23.6 Å². The zero-order valence-corrected chi connectivity index (χ0v) is 16.0. The molecule has 0 bridgehead atoms. The lowest BCUT2D eigenvalue weighted by molar-refractivity contribution is -0.385. The molecule has 2 amide bonds. The third-order valence-electron chi connectivity index (χ3n) is 5.11. The summed E-state index contributed by atoms with van der Waals surface area (Å²) in [5.41, 5.74) is -0.380. The van der Waals surface area contributed by atoms with E-state index in [-0.39, 0.29) is 35.1 Å². The fraction of sp³-hybridized carbons (Fsp3) is 0.238. The summed E-state index contributed by atoms with van der Waals surface area (Å²) in [5.74, 6) is -1.23. The van der Waals surface area contributed by atoms with Crippen molar-refractivity contribution in [2.75, 3.05) is 7.05 Å². The highest BCUT2D eigenvalue weighted by Gasteiger charge is 2.46. The SMILES string of the molecule is CCC1(Cc2ccc(F)cc2)NC(=O)/C(=C\c2ccccc2[N+](=O)[O-])N(C)C1=O. The summed E-state index contributed by atoms with van der Waals surface area (Å²) < 4.78 is 13.2. The Kier molecular flexibility index (Phi) is 5.45. The first kappa shape index (κ1) is 20.2. The van der Waals surface area contributed by atoms with E-state index in [2.05, 4.69) is 5.32 Å². The van der Waals surface area contributed by atoms with Gasteiger partial charge in [-0.2, -0.15) is 0 Å².